The summed E-state index contributed by atoms with van der Waals surface area (Å²) < 4.78 is 0. The number of hydrogen-bond donors (Lipinski definition) is 0. The largest absolute Gasteiger partial charge is 0.294 e. The van der Waals surface area contributed by atoms with Crippen molar-refractivity contribution in [2.45, 2.75) is 20.0 Å². The van der Waals surface area contributed by atoms with Gasteiger partial charge in [0.05, 0.1) is 0 Å². The van der Waals surface area contributed by atoms with Gasteiger partial charge in [0.1, 0.15) is 0 Å². The average molecular weight is 153 g/mol. The Kier molecular flexibility index (Phi) is 1.51. The first-order valence-electron chi connectivity index (χ1n) is 3.67. The van der Waals surface area contributed by atoms with Gasteiger partial charge in [-0.05, 0) is 23.6 Å². The molecule has 0 bridgehead atoms. The molecule has 2 heteroatoms. The summed E-state index contributed by atoms with van der Waals surface area (Å²) in [5, 5.41) is 2.19. The Labute approximate surface area is 65.3 Å². The molecule has 2 heterocycles. The number of fused-ring (bicyclic) bond motifs is 1. The fourth-order valence-corrected chi connectivity index (χ4v) is 2.31. The number of nitrogens with zero attached hydrogens (tertiary/aromatic N) is 1. The summed E-state index contributed by atoms with van der Waals surface area (Å²) in [6, 6.07) is 2.25. The molecule has 0 spiro atoms. The van der Waals surface area contributed by atoms with Gasteiger partial charge in [-0.3, -0.25) is 4.90 Å². The van der Waals surface area contributed by atoms with Gasteiger partial charge in [-0.1, -0.05) is 6.92 Å². The predicted octanol–water partition coefficient (Wildman–Crippen LogP) is 2.08. The lowest BCUT2D eigenvalue weighted by atomic mass is 10.3. The van der Waals surface area contributed by atoms with Crippen molar-refractivity contribution in [3.63, 3.8) is 0 Å². The second kappa shape index (κ2) is 2.36. The molecule has 10 heavy (non-hydrogen) atoms. The molecule has 1 aromatic rings. The highest BCUT2D eigenvalue weighted by Crippen LogP contribution is 2.26. The van der Waals surface area contributed by atoms with Crippen LogP contribution >= 0.6 is 11.3 Å². The molecule has 0 atom stereocenters. The fraction of sp³-hybridized carbons (Fsp3) is 0.500. The van der Waals surface area contributed by atoms with E-state index in [1.165, 1.54) is 19.6 Å². The molecule has 0 unspecified atom stereocenters. The number of rotatable bonds is 1. The first-order valence-corrected chi connectivity index (χ1v) is 4.55. The molecular weight excluding hydrogens is 142 g/mol. The minimum atomic E-state index is 1.18. The van der Waals surface area contributed by atoms with Crippen LogP contribution in [0.3, 0.4) is 0 Å². The van der Waals surface area contributed by atoms with Crippen molar-refractivity contribution in [3.05, 3.63) is 21.9 Å². The van der Waals surface area contributed by atoms with Gasteiger partial charge < -0.3 is 0 Å². The zero-order valence-corrected chi connectivity index (χ0v) is 6.95. The summed E-state index contributed by atoms with van der Waals surface area (Å²) in [6.45, 7) is 5.76. The van der Waals surface area contributed by atoms with Gasteiger partial charge in [-0.25, -0.2) is 0 Å². The first kappa shape index (κ1) is 6.38. The molecule has 2 rings (SSSR count). The molecule has 1 aliphatic heterocycles. The van der Waals surface area contributed by atoms with Crippen LogP contribution in [0.5, 0.6) is 0 Å². The second-order valence-electron chi connectivity index (χ2n) is 2.67. The zero-order chi connectivity index (χ0) is 6.97. The van der Waals surface area contributed by atoms with E-state index in [4.69, 9.17) is 0 Å². The van der Waals surface area contributed by atoms with Crippen molar-refractivity contribution < 1.29 is 0 Å². The summed E-state index contributed by atoms with van der Waals surface area (Å²) in [5.74, 6) is 0. The van der Waals surface area contributed by atoms with E-state index in [1.807, 2.05) is 11.3 Å². The molecule has 0 aliphatic carbocycles. The highest BCUT2D eigenvalue weighted by Gasteiger charge is 2.17. The average Bonchev–Trinajstić information content (AvgIpc) is 2.42. The Morgan fingerprint density at radius 1 is 1.60 bits per heavy atom. The lowest BCUT2D eigenvalue weighted by Gasteiger charge is -2.09. The van der Waals surface area contributed by atoms with Crippen LogP contribution in [-0.2, 0) is 13.1 Å². The lowest BCUT2D eigenvalue weighted by molar-refractivity contribution is 0.302. The van der Waals surface area contributed by atoms with E-state index in [1.54, 1.807) is 10.4 Å². The van der Waals surface area contributed by atoms with E-state index >= 15 is 0 Å². The Morgan fingerprint density at radius 2 is 2.50 bits per heavy atom. The van der Waals surface area contributed by atoms with Gasteiger partial charge in [-0.2, -0.15) is 0 Å². The Bertz CT molecular complexity index is 208. The zero-order valence-electron chi connectivity index (χ0n) is 6.13. The van der Waals surface area contributed by atoms with Crippen molar-refractivity contribution in [1.82, 2.24) is 4.90 Å². The van der Waals surface area contributed by atoms with Gasteiger partial charge in [0.15, 0.2) is 0 Å². The smallest absolute Gasteiger partial charge is 0.0334 e. The molecular formula is C8H11NS. The molecule has 54 valence electrons. The SMILES string of the molecule is CCN1Cc2ccsc2C1. The topological polar surface area (TPSA) is 3.24 Å². The molecule has 1 aromatic heterocycles. The van der Waals surface area contributed by atoms with Crippen molar-refractivity contribution in [3.8, 4) is 0 Å². The van der Waals surface area contributed by atoms with Crippen molar-refractivity contribution >= 4 is 11.3 Å². The summed E-state index contributed by atoms with van der Waals surface area (Å²) in [7, 11) is 0. The highest BCUT2D eigenvalue weighted by molar-refractivity contribution is 7.10. The van der Waals surface area contributed by atoms with E-state index in [0.717, 1.165) is 0 Å². The standard InChI is InChI=1S/C8H11NS/c1-2-9-5-7-3-4-10-8(7)6-9/h3-4H,2,5-6H2,1H3. The lowest BCUT2D eigenvalue weighted by Crippen LogP contribution is -2.14. The molecule has 0 radical (unpaired) electrons. The van der Waals surface area contributed by atoms with Crippen molar-refractivity contribution in [1.29, 1.82) is 0 Å². The molecule has 0 N–H and O–H groups in total. The van der Waals surface area contributed by atoms with Crippen LogP contribution in [0.2, 0.25) is 0 Å². The predicted molar refractivity (Wildman–Crippen MR) is 44.1 cm³/mol. The quantitative estimate of drug-likeness (QED) is 0.597. The van der Waals surface area contributed by atoms with Crippen LogP contribution in [0, 0.1) is 0 Å². The van der Waals surface area contributed by atoms with Gasteiger partial charge in [-0.15, -0.1) is 11.3 Å². The fourth-order valence-electron chi connectivity index (χ4n) is 1.37. The van der Waals surface area contributed by atoms with E-state index in [-0.39, 0.29) is 0 Å². The Morgan fingerprint density at radius 3 is 3.20 bits per heavy atom. The summed E-state index contributed by atoms with van der Waals surface area (Å²) in [4.78, 5) is 4.03. The first-order chi connectivity index (χ1) is 4.90. The number of thiophene rings is 1. The summed E-state index contributed by atoms with van der Waals surface area (Å²) in [6.07, 6.45) is 0. The maximum atomic E-state index is 2.46. The van der Waals surface area contributed by atoms with Crippen LogP contribution in [0.15, 0.2) is 11.4 Å². The third kappa shape index (κ3) is 0.879. The van der Waals surface area contributed by atoms with Crippen LogP contribution in [0.25, 0.3) is 0 Å². The van der Waals surface area contributed by atoms with Gasteiger partial charge in [0, 0.05) is 18.0 Å². The second-order valence-corrected chi connectivity index (χ2v) is 3.67. The van der Waals surface area contributed by atoms with E-state index in [2.05, 4.69) is 23.3 Å². The van der Waals surface area contributed by atoms with E-state index in [9.17, 15) is 0 Å². The molecule has 0 amide bonds. The normalized spacial score (nSPS) is 17.7. The van der Waals surface area contributed by atoms with Gasteiger partial charge in [0.25, 0.3) is 0 Å². The Hall–Kier alpha value is -0.340. The Balaban J connectivity index is 2.21. The molecule has 1 nitrogen and oxygen atoms in total. The summed E-state index contributed by atoms with van der Waals surface area (Å²) in [5.41, 5.74) is 1.55. The van der Waals surface area contributed by atoms with E-state index in [0.29, 0.717) is 0 Å². The molecule has 0 fully saturated rings. The highest BCUT2D eigenvalue weighted by atomic mass is 32.1. The minimum absolute atomic E-state index is 1.18. The van der Waals surface area contributed by atoms with Crippen molar-refractivity contribution in [2.75, 3.05) is 6.54 Å². The van der Waals surface area contributed by atoms with Crippen LogP contribution in [0.1, 0.15) is 17.4 Å². The number of hydrogen-bond acceptors (Lipinski definition) is 2. The van der Waals surface area contributed by atoms with Gasteiger partial charge >= 0.3 is 0 Å². The van der Waals surface area contributed by atoms with Crippen LogP contribution in [0.4, 0.5) is 0 Å². The maximum absolute atomic E-state index is 2.46. The minimum Gasteiger partial charge on any atom is -0.294 e. The summed E-state index contributed by atoms with van der Waals surface area (Å²) >= 11 is 1.89. The van der Waals surface area contributed by atoms with E-state index < -0.39 is 0 Å². The third-order valence-corrected chi connectivity index (χ3v) is 2.99. The molecule has 1 aliphatic rings. The monoisotopic (exact) mass is 153 g/mol. The molecule has 0 saturated carbocycles. The van der Waals surface area contributed by atoms with Crippen molar-refractivity contribution in [2.24, 2.45) is 0 Å². The third-order valence-electron chi connectivity index (χ3n) is 2.05. The molecule has 0 saturated heterocycles. The molecule has 0 aromatic carbocycles. The van der Waals surface area contributed by atoms with Crippen LogP contribution in [-0.4, -0.2) is 11.4 Å². The maximum Gasteiger partial charge on any atom is 0.0334 e. The van der Waals surface area contributed by atoms with Crippen LogP contribution < -0.4 is 0 Å². The van der Waals surface area contributed by atoms with Gasteiger partial charge in [0.2, 0.25) is 0 Å².